The van der Waals surface area contributed by atoms with Gasteiger partial charge in [-0.3, -0.25) is 4.68 Å². The molecule has 0 aromatic carbocycles. The van der Waals surface area contributed by atoms with Crippen LogP contribution < -0.4 is 0 Å². The van der Waals surface area contributed by atoms with Crippen LogP contribution in [0.25, 0.3) is 11.4 Å². The van der Waals surface area contributed by atoms with E-state index in [1.54, 1.807) is 35.6 Å². The molecule has 102 valence electrons. The summed E-state index contributed by atoms with van der Waals surface area (Å²) in [6.07, 6.45) is 2.17. The first-order chi connectivity index (χ1) is 8.99. The number of aromatic nitrogens is 5. The lowest BCUT2D eigenvalue weighted by molar-refractivity contribution is -0.147. The number of aliphatic carboxylic acids is 1. The van der Waals surface area contributed by atoms with E-state index in [0.717, 1.165) is 5.56 Å². The molecule has 2 rings (SSSR count). The molecule has 0 radical (unpaired) electrons. The molecule has 8 nitrogen and oxygen atoms in total. The van der Waals surface area contributed by atoms with Gasteiger partial charge in [0.05, 0.1) is 11.8 Å². The summed E-state index contributed by atoms with van der Waals surface area (Å²) in [4.78, 5) is 10.6. The second-order valence-electron chi connectivity index (χ2n) is 4.27. The first-order valence-corrected chi connectivity index (χ1v) is 5.78. The van der Waals surface area contributed by atoms with Gasteiger partial charge in [-0.25, -0.2) is 4.79 Å². The molecule has 0 saturated heterocycles. The fourth-order valence-electron chi connectivity index (χ4n) is 1.77. The van der Waals surface area contributed by atoms with Gasteiger partial charge >= 0.3 is 5.97 Å². The fraction of sp³-hybridized carbons (Fsp3) is 0.455. The van der Waals surface area contributed by atoms with E-state index in [4.69, 9.17) is 5.11 Å². The zero-order chi connectivity index (χ0) is 14.0. The monoisotopic (exact) mass is 265 g/mol. The largest absolute Gasteiger partial charge is 0.479 e. The van der Waals surface area contributed by atoms with E-state index < -0.39 is 12.1 Å². The molecule has 0 aliphatic heterocycles. The van der Waals surface area contributed by atoms with Crippen molar-refractivity contribution in [1.82, 2.24) is 24.5 Å². The molecule has 0 spiro atoms. The highest BCUT2D eigenvalue weighted by Gasteiger charge is 2.17. The smallest absolute Gasteiger partial charge is 0.332 e. The Balaban J connectivity index is 2.21. The Morgan fingerprint density at radius 2 is 2.21 bits per heavy atom. The van der Waals surface area contributed by atoms with E-state index in [2.05, 4.69) is 15.3 Å². The number of hydrogen-bond acceptors (Lipinski definition) is 5. The summed E-state index contributed by atoms with van der Waals surface area (Å²) in [5, 5.41) is 30.1. The SMILES string of the molecule is Cc1nnc(-c2cnn(C)c2)n1CCC(O)C(=O)O. The van der Waals surface area contributed by atoms with Gasteiger partial charge in [0.1, 0.15) is 5.82 Å². The van der Waals surface area contributed by atoms with Crippen LogP contribution in [0.4, 0.5) is 0 Å². The van der Waals surface area contributed by atoms with Crippen LogP contribution in [-0.4, -0.2) is 46.8 Å². The van der Waals surface area contributed by atoms with Crippen LogP contribution in [0.2, 0.25) is 0 Å². The van der Waals surface area contributed by atoms with Crippen molar-refractivity contribution < 1.29 is 15.0 Å². The molecule has 0 amide bonds. The highest BCUT2D eigenvalue weighted by Crippen LogP contribution is 2.17. The summed E-state index contributed by atoms with van der Waals surface area (Å²) in [5.74, 6) is 0.0493. The zero-order valence-electron chi connectivity index (χ0n) is 10.7. The fourth-order valence-corrected chi connectivity index (χ4v) is 1.77. The summed E-state index contributed by atoms with van der Waals surface area (Å²) in [6.45, 7) is 2.11. The van der Waals surface area contributed by atoms with Crippen LogP contribution in [0.3, 0.4) is 0 Å². The number of nitrogens with zero attached hydrogens (tertiary/aromatic N) is 5. The molecular formula is C11H15N5O3. The van der Waals surface area contributed by atoms with E-state index in [-0.39, 0.29) is 6.42 Å². The molecule has 1 atom stereocenters. The molecule has 0 saturated carbocycles. The first-order valence-electron chi connectivity index (χ1n) is 5.78. The molecule has 0 bridgehead atoms. The highest BCUT2D eigenvalue weighted by molar-refractivity contribution is 5.71. The van der Waals surface area contributed by atoms with Crippen molar-refractivity contribution >= 4 is 5.97 Å². The molecular weight excluding hydrogens is 250 g/mol. The van der Waals surface area contributed by atoms with Crippen molar-refractivity contribution in [3.63, 3.8) is 0 Å². The minimum atomic E-state index is -1.39. The molecule has 8 heteroatoms. The van der Waals surface area contributed by atoms with Crippen LogP contribution in [0.5, 0.6) is 0 Å². The van der Waals surface area contributed by atoms with Gasteiger partial charge in [0.2, 0.25) is 0 Å². The normalized spacial score (nSPS) is 12.6. The number of aryl methyl sites for hydroxylation is 2. The second-order valence-corrected chi connectivity index (χ2v) is 4.27. The third-order valence-electron chi connectivity index (χ3n) is 2.81. The summed E-state index contributed by atoms with van der Waals surface area (Å²) < 4.78 is 3.42. The van der Waals surface area contributed by atoms with Crippen molar-refractivity contribution in [3.8, 4) is 11.4 Å². The number of carboxylic acids is 1. The Morgan fingerprint density at radius 3 is 2.79 bits per heavy atom. The third-order valence-corrected chi connectivity index (χ3v) is 2.81. The Hall–Kier alpha value is -2.22. The van der Waals surface area contributed by atoms with Gasteiger partial charge in [-0.15, -0.1) is 10.2 Å². The lowest BCUT2D eigenvalue weighted by atomic mass is 10.2. The minimum Gasteiger partial charge on any atom is -0.479 e. The topological polar surface area (TPSA) is 106 Å². The van der Waals surface area contributed by atoms with Gasteiger partial charge in [0.25, 0.3) is 0 Å². The summed E-state index contributed by atoms with van der Waals surface area (Å²) >= 11 is 0. The second kappa shape index (κ2) is 5.19. The summed E-state index contributed by atoms with van der Waals surface area (Å²) in [6, 6.07) is 0. The molecule has 2 N–H and O–H groups in total. The average molecular weight is 265 g/mol. The lowest BCUT2D eigenvalue weighted by Crippen LogP contribution is -2.21. The van der Waals surface area contributed by atoms with E-state index in [1.807, 2.05) is 0 Å². The van der Waals surface area contributed by atoms with Crippen LogP contribution in [-0.2, 0) is 18.4 Å². The predicted molar refractivity (Wildman–Crippen MR) is 65.2 cm³/mol. The molecule has 0 fully saturated rings. The molecule has 0 aliphatic carbocycles. The van der Waals surface area contributed by atoms with Gasteiger partial charge in [-0.1, -0.05) is 0 Å². The molecule has 2 aromatic rings. The number of carboxylic acid groups (broad SMARTS) is 1. The number of rotatable bonds is 5. The lowest BCUT2D eigenvalue weighted by Gasteiger charge is -2.09. The van der Waals surface area contributed by atoms with Gasteiger partial charge in [-0.05, 0) is 6.92 Å². The summed E-state index contributed by atoms with van der Waals surface area (Å²) in [5.41, 5.74) is 0.799. The van der Waals surface area contributed by atoms with E-state index in [9.17, 15) is 9.90 Å². The maximum atomic E-state index is 10.6. The van der Waals surface area contributed by atoms with Crippen LogP contribution >= 0.6 is 0 Å². The molecule has 19 heavy (non-hydrogen) atoms. The quantitative estimate of drug-likeness (QED) is 0.777. The Morgan fingerprint density at radius 1 is 1.47 bits per heavy atom. The van der Waals surface area contributed by atoms with Crippen molar-refractivity contribution in [2.45, 2.75) is 26.0 Å². The maximum Gasteiger partial charge on any atom is 0.332 e. The highest BCUT2D eigenvalue weighted by atomic mass is 16.4. The maximum absolute atomic E-state index is 10.6. The van der Waals surface area contributed by atoms with E-state index in [0.29, 0.717) is 18.2 Å². The van der Waals surface area contributed by atoms with E-state index >= 15 is 0 Å². The zero-order valence-corrected chi connectivity index (χ0v) is 10.7. The number of hydrogen-bond donors (Lipinski definition) is 2. The molecule has 1 unspecified atom stereocenters. The predicted octanol–water partition coefficient (Wildman–Crippen LogP) is -0.177. The van der Waals surface area contributed by atoms with Crippen molar-refractivity contribution in [2.75, 3.05) is 0 Å². The summed E-state index contributed by atoms with van der Waals surface area (Å²) in [7, 11) is 1.80. The molecule has 2 aromatic heterocycles. The van der Waals surface area contributed by atoms with Gasteiger partial charge in [-0.2, -0.15) is 5.10 Å². The van der Waals surface area contributed by atoms with Gasteiger partial charge in [0.15, 0.2) is 11.9 Å². The first kappa shape index (κ1) is 13.2. The molecule has 2 heterocycles. The van der Waals surface area contributed by atoms with Crippen LogP contribution in [0.1, 0.15) is 12.2 Å². The van der Waals surface area contributed by atoms with Gasteiger partial charge < -0.3 is 14.8 Å². The Bertz CT molecular complexity index is 589. The number of carbonyl (C=O) groups is 1. The van der Waals surface area contributed by atoms with E-state index in [1.165, 1.54) is 0 Å². The third kappa shape index (κ3) is 2.79. The van der Waals surface area contributed by atoms with Crippen molar-refractivity contribution in [2.24, 2.45) is 7.05 Å². The number of aliphatic hydroxyl groups excluding tert-OH is 1. The van der Waals surface area contributed by atoms with Crippen LogP contribution in [0.15, 0.2) is 12.4 Å². The average Bonchev–Trinajstić information content (AvgIpc) is 2.92. The minimum absolute atomic E-state index is 0.0987. The van der Waals surface area contributed by atoms with Crippen LogP contribution in [0, 0.1) is 6.92 Å². The Kier molecular flexibility index (Phi) is 3.61. The van der Waals surface area contributed by atoms with Crippen molar-refractivity contribution in [3.05, 3.63) is 18.2 Å². The van der Waals surface area contributed by atoms with Gasteiger partial charge in [0, 0.05) is 26.2 Å². The Labute approximate surface area is 109 Å². The van der Waals surface area contributed by atoms with Crippen molar-refractivity contribution in [1.29, 1.82) is 0 Å². The number of aliphatic hydroxyl groups is 1. The standard InChI is InChI=1S/C11H15N5O3/c1-7-13-14-10(8-5-12-15(2)6-8)16(7)4-3-9(17)11(18)19/h5-6,9,17H,3-4H2,1-2H3,(H,18,19). The molecule has 0 aliphatic rings.